The summed E-state index contributed by atoms with van der Waals surface area (Å²) in [6.07, 6.45) is 3.37. The molecule has 0 saturated carbocycles. The van der Waals surface area contributed by atoms with Gasteiger partial charge in [0.05, 0.1) is 0 Å². The summed E-state index contributed by atoms with van der Waals surface area (Å²) >= 11 is 0. The summed E-state index contributed by atoms with van der Waals surface area (Å²) in [5.41, 5.74) is 3.94. The number of nitrogens with one attached hydrogen (secondary N) is 1. The van der Waals surface area contributed by atoms with Gasteiger partial charge in [-0.25, -0.2) is 0 Å². The molecular formula is C10H12N2O. The minimum absolute atomic E-state index is 0.359. The molecule has 3 nitrogen and oxygen atoms in total. The average molecular weight is 176 g/mol. The number of rotatable bonds is 0. The van der Waals surface area contributed by atoms with Gasteiger partial charge in [0.25, 0.3) is 0 Å². The van der Waals surface area contributed by atoms with Crippen molar-refractivity contribution >= 4 is 5.78 Å². The lowest BCUT2D eigenvalue weighted by atomic mass is 9.92. The van der Waals surface area contributed by atoms with Gasteiger partial charge in [-0.3, -0.25) is 9.69 Å². The van der Waals surface area contributed by atoms with Gasteiger partial charge >= 0.3 is 0 Å². The first kappa shape index (κ1) is 7.33. The van der Waals surface area contributed by atoms with E-state index in [4.69, 9.17) is 0 Å². The van der Waals surface area contributed by atoms with Crippen molar-refractivity contribution in [1.82, 2.24) is 9.88 Å². The quantitative estimate of drug-likeness (QED) is 0.640. The SMILES string of the molecule is CN1Cc2c[nH]c3c2C1CC(=O)C3. The lowest BCUT2D eigenvalue weighted by molar-refractivity contribution is -0.120. The first-order valence-corrected chi connectivity index (χ1v) is 4.66. The molecule has 2 aliphatic rings. The normalized spacial score (nSPS) is 26.5. The number of hydrogen-bond acceptors (Lipinski definition) is 2. The van der Waals surface area contributed by atoms with Crippen molar-refractivity contribution in [2.24, 2.45) is 0 Å². The van der Waals surface area contributed by atoms with Crippen LogP contribution in [0, 0.1) is 0 Å². The second kappa shape index (κ2) is 2.23. The van der Waals surface area contributed by atoms with E-state index in [1.54, 1.807) is 0 Å². The Balaban J connectivity index is 2.17. The van der Waals surface area contributed by atoms with Crippen LogP contribution in [0.4, 0.5) is 0 Å². The zero-order chi connectivity index (χ0) is 9.00. The maximum Gasteiger partial charge on any atom is 0.140 e. The van der Waals surface area contributed by atoms with Gasteiger partial charge in [-0.05, 0) is 18.2 Å². The van der Waals surface area contributed by atoms with Crippen molar-refractivity contribution < 1.29 is 4.79 Å². The fourth-order valence-electron chi connectivity index (χ4n) is 2.56. The third-order valence-corrected chi connectivity index (χ3v) is 3.17. The van der Waals surface area contributed by atoms with Crippen LogP contribution in [0.5, 0.6) is 0 Å². The number of aromatic amines is 1. The number of carbonyl (C=O) groups is 1. The van der Waals surface area contributed by atoms with E-state index in [-0.39, 0.29) is 0 Å². The van der Waals surface area contributed by atoms with Crippen molar-refractivity contribution in [1.29, 1.82) is 0 Å². The first-order chi connectivity index (χ1) is 6.25. The Morgan fingerprint density at radius 2 is 2.46 bits per heavy atom. The topological polar surface area (TPSA) is 36.1 Å². The molecule has 0 amide bonds. The molecule has 1 unspecified atom stereocenters. The van der Waals surface area contributed by atoms with Crippen LogP contribution >= 0.6 is 0 Å². The lowest BCUT2D eigenvalue weighted by Crippen LogP contribution is -2.25. The second-order valence-corrected chi connectivity index (χ2v) is 4.06. The summed E-state index contributed by atoms with van der Waals surface area (Å²) < 4.78 is 0. The van der Waals surface area contributed by atoms with Crippen molar-refractivity contribution in [3.8, 4) is 0 Å². The van der Waals surface area contributed by atoms with Gasteiger partial charge in [0.1, 0.15) is 5.78 Å². The Kier molecular flexibility index (Phi) is 1.26. The Morgan fingerprint density at radius 3 is 3.31 bits per heavy atom. The van der Waals surface area contributed by atoms with Crippen molar-refractivity contribution in [2.45, 2.75) is 25.4 Å². The lowest BCUT2D eigenvalue weighted by Gasteiger charge is -2.24. The Morgan fingerprint density at radius 1 is 1.62 bits per heavy atom. The number of H-pyrrole nitrogens is 1. The number of nitrogens with zero attached hydrogens (tertiary/aromatic N) is 1. The molecule has 68 valence electrons. The largest absolute Gasteiger partial charge is 0.364 e. The third kappa shape index (κ3) is 0.851. The van der Waals surface area contributed by atoms with Crippen molar-refractivity contribution in [3.05, 3.63) is 23.0 Å². The second-order valence-electron chi connectivity index (χ2n) is 4.06. The average Bonchev–Trinajstić information content (AvgIpc) is 2.59. The molecule has 0 aromatic carbocycles. The number of aromatic nitrogens is 1. The molecule has 1 aromatic rings. The molecule has 13 heavy (non-hydrogen) atoms. The van der Waals surface area contributed by atoms with Crippen LogP contribution in [0.3, 0.4) is 0 Å². The van der Waals surface area contributed by atoms with E-state index in [1.165, 1.54) is 11.1 Å². The van der Waals surface area contributed by atoms with E-state index < -0.39 is 0 Å². The van der Waals surface area contributed by atoms with E-state index in [9.17, 15) is 4.79 Å². The van der Waals surface area contributed by atoms with Crippen LogP contribution in [-0.2, 0) is 17.8 Å². The zero-order valence-electron chi connectivity index (χ0n) is 7.63. The minimum Gasteiger partial charge on any atom is -0.364 e. The molecule has 1 N–H and O–H groups in total. The fraction of sp³-hybridized carbons (Fsp3) is 0.500. The highest BCUT2D eigenvalue weighted by Crippen LogP contribution is 2.40. The zero-order valence-corrected chi connectivity index (χ0v) is 7.63. The van der Waals surface area contributed by atoms with Crippen molar-refractivity contribution in [3.63, 3.8) is 0 Å². The fourth-order valence-corrected chi connectivity index (χ4v) is 2.56. The Bertz CT molecular complexity index is 380. The van der Waals surface area contributed by atoms with Gasteiger partial charge in [-0.1, -0.05) is 0 Å². The highest BCUT2D eigenvalue weighted by atomic mass is 16.1. The van der Waals surface area contributed by atoms with E-state index in [0.29, 0.717) is 24.7 Å². The predicted octanol–water partition coefficient (Wildman–Crippen LogP) is 1.02. The smallest absolute Gasteiger partial charge is 0.140 e. The summed E-state index contributed by atoms with van der Waals surface area (Å²) in [4.78, 5) is 16.9. The van der Waals surface area contributed by atoms with Crippen LogP contribution in [0.1, 0.15) is 29.3 Å². The number of hydrogen-bond donors (Lipinski definition) is 1. The summed E-state index contributed by atoms with van der Waals surface area (Å²) in [6.45, 7) is 0.990. The van der Waals surface area contributed by atoms with Crippen LogP contribution in [0.25, 0.3) is 0 Å². The third-order valence-electron chi connectivity index (χ3n) is 3.17. The first-order valence-electron chi connectivity index (χ1n) is 4.66. The van der Waals surface area contributed by atoms with Gasteiger partial charge < -0.3 is 4.98 Å². The van der Waals surface area contributed by atoms with E-state index >= 15 is 0 Å². The molecule has 2 heterocycles. The predicted molar refractivity (Wildman–Crippen MR) is 48.3 cm³/mol. The van der Waals surface area contributed by atoms with Gasteiger partial charge in [0, 0.05) is 37.3 Å². The minimum atomic E-state index is 0.359. The molecule has 3 rings (SSSR count). The van der Waals surface area contributed by atoms with E-state index in [1.807, 2.05) is 0 Å². The van der Waals surface area contributed by atoms with Crippen LogP contribution in [-0.4, -0.2) is 22.7 Å². The van der Waals surface area contributed by atoms with Crippen LogP contribution < -0.4 is 0 Å². The van der Waals surface area contributed by atoms with Crippen LogP contribution in [0.15, 0.2) is 6.20 Å². The van der Waals surface area contributed by atoms with E-state index in [2.05, 4.69) is 23.1 Å². The van der Waals surface area contributed by atoms with Gasteiger partial charge in [-0.2, -0.15) is 0 Å². The molecule has 0 bridgehead atoms. The molecule has 1 aliphatic heterocycles. The van der Waals surface area contributed by atoms with Crippen LogP contribution in [0.2, 0.25) is 0 Å². The molecule has 3 heteroatoms. The Labute approximate surface area is 76.7 Å². The monoisotopic (exact) mass is 176 g/mol. The number of Topliss-reactive ketones (excluding diaryl/α,β-unsaturated/α-hetero) is 1. The van der Waals surface area contributed by atoms with Crippen molar-refractivity contribution in [2.75, 3.05) is 7.05 Å². The summed E-state index contributed by atoms with van der Waals surface area (Å²) in [5, 5.41) is 0. The Hall–Kier alpha value is -1.09. The molecule has 1 atom stereocenters. The summed E-state index contributed by atoms with van der Waals surface area (Å²) in [7, 11) is 2.09. The molecular weight excluding hydrogens is 164 g/mol. The highest BCUT2D eigenvalue weighted by molar-refractivity contribution is 5.84. The highest BCUT2D eigenvalue weighted by Gasteiger charge is 2.36. The maximum absolute atomic E-state index is 11.4. The molecule has 1 aromatic heterocycles. The van der Waals surface area contributed by atoms with Gasteiger partial charge in [0.15, 0.2) is 0 Å². The molecule has 0 spiro atoms. The maximum atomic E-state index is 11.4. The van der Waals surface area contributed by atoms with Gasteiger partial charge in [0.2, 0.25) is 0 Å². The molecule has 1 aliphatic carbocycles. The molecule has 0 fully saturated rings. The number of ketones is 1. The number of carbonyl (C=O) groups excluding carboxylic acids is 1. The molecule has 0 radical (unpaired) electrons. The molecule has 0 saturated heterocycles. The van der Waals surface area contributed by atoms with E-state index in [0.717, 1.165) is 12.2 Å². The summed E-state index contributed by atoms with van der Waals surface area (Å²) in [6, 6.07) is 0.359. The summed E-state index contributed by atoms with van der Waals surface area (Å²) in [5.74, 6) is 0.361. The van der Waals surface area contributed by atoms with Gasteiger partial charge in [-0.15, -0.1) is 0 Å². The standard InChI is InChI=1S/C10H12N2O/c1-12-5-6-4-11-8-2-7(13)3-9(12)10(6)8/h4,9,11H,2-3,5H2,1H3.